The van der Waals surface area contributed by atoms with Crippen molar-refractivity contribution in [1.82, 2.24) is 0 Å². The molecule has 3 heteroatoms. The number of aryl methyl sites for hydroxylation is 1. The first kappa shape index (κ1) is 9.58. The Kier molecular flexibility index (Phi) is 2.90. The number of hydrogen-bond donors (Lipinski definition) is 1. The van der Waals surface area contributed by atoms with Crippen LogP contribution in [0.4, 0.5) is 0 Å². The van der Waals surface area contributed by atoms with Gasteiger partial charge in [-0.1, -0.05) is 6.92 Å². The van der Waals surface area contributed by atoms with E-state index in [0.29, 0.717) is 12.0 Å². The molecule has 0 aliphatic carbocycles. The second-order valence-corrected chi connectivity index (χ2v) is 2.71. The van der Waals surface area contributed by atoms with Gasteiger partial charge in [0.1, 0.15) is 0 Å². The average molecular weight is 180 g/mol. The van der Waals surface area contributed by atoms with Crippen LogP contribution in [0.3, 0.4) is 0 Å². The fourth-order valence-corrected chi connectivity index (χ4v) is 1.14. The quantitative estimate of drug-likeness (QED) is 0.721. The summed E-state index contributed by atoms with van der Waals surface area (Å²) in [5, 5.41) is 9.45. The van der Waals surface area contributed by atoms with Crippen molar-refractivity contribution in [1.29, 1.82) is 0 Å². The van der Waals surface area contributed by atoms with Crippen LogP contribution in [0.2, 0.25) is 0 Å². The van der Waals surface area contributed by atoms with Gasteiger partial charge in [-0.25, -0.2) is 0 Å². The highest BCUT2D eigenvalue weighted by Crippen LogP contribution is 2.30. The number of benzene rings is 1. The molecule has 70 valence electrons. The van der Waals surface area contributed by atoms with E-state index in [-0.39, 0.29) is 11.3 Å². The number of phenolic OH excluding ortho intramolecular Hbond substituents is 1. The lowest BCUT2D eigenvalue weighted by Crippen LogP contribution is -1.91. The summed E-state index contributed by atoms with van der Waals surface area (Å²) in [4.78, 5) is 10.5. The zero-order chi connectivity index (χ0) is 9.84. The number of ether oxygens (including phenoxy) is 1. The van der Waals surface area contributed by atoms with Gasteiger partial charge in [0.2, 0.25) is 0 Å². The van der Waals surface area contributed by atoms with Crippen LogP contribution in [0.1, 0.15) is 22.8 Å². The lowest BCUT2D eigenvalue weighted by molar-refractivity contribution is 0.112. The Labute approximate surface area is 77.0 Å². The van der Waals surface area contributed by atoms with Crippen molar-refractivity contribution in [2.24, 2.45) is 0 Å². The van der Waals surface area contributed by atoms with Crippen LogP contribution in [-0.2, 0) is 6.42 Å². The summed E-state index contributed by atoms with van der Waals surface area (Å²) in [6.07, 6.45) is 1.43. The van der Waals surface area contributed by atoms with Crippen molar-refractivity contribution in [3.05, 3.63) is 23.3 Å². The maximum absolute atomic E-state index is 10.5. The summed E-state index contributed by atoms with van der Waals surface area (Å²) in [6.45, 7) is 1.97. The summed E-state index contributed by atoms with van der Waals surface area (Å²) in [5.41, 5.74) is 1.24. The van der Waals surface area contributed by atoms with Gasteiger partial charge in [0, 0.05) is 0 Å². The van der Waals surface area contributed by atoms with Gasteiger partial charge in [0.15, 0.2) is 17.8 Å². The number of carbonyl (C=O) groups excluding carboxylic acids is 1. The molecule has 0 atom stereocenters. The van der Waals surface area contributed by atoms with Gasteiger partial charge in [-0.2, -0.15) is 0 Å². The predicted molar refractivity (Wildman–Crippen MR) is 49.4 cm³/mol. The van der Waals surface area contributed by atoms with Crippen LogP contribution in [0.25, 0.3) is 0 Å². The van der Waals surface area contributed by atoms with Crippen LogP contribution in [0.15, 0.2) is 12.1 Å². The minimum atomic E-state index is -0.0882. The van der Waals surface area contributed by atoms with Gasteiger partial charge in [0.05, 0.1) is 12.7 Å². The Morgan fingerprint density at radius 2 is 2.23 bits per heavy atom. The second-order valence-electron chi connectivity index (χ2n) is 2.71. The van der Waals surface area contributed by atoms with Crippen molar-refractivity contribution in [2.45, 2.75) is 13.3 Å². The fraction of sp³-hybridized carbons (Fsp3) is 0.300. The van der Waals surface area contributed by atoms with Gasteiger partial charge in [-0.15, -0.1) is 0 Å². The molecule has 0 aromatic heterocycles. The van der Waals surface area contributed by atoms with E-state index in [1.807, 2.05) is 6.92 Å². The van der Waals surface area contributed by atoms with Gasteiger partial charge < -0.3 is 9.84 Å². The Morgan fingerprint density at radius 1 is 1.54 bits per heavy atom. The summed E-state index contributed by atoms with van der Waals surface area (Å²) < 4.78 is 4.92. The van der Waals surface area contributed by atoms with E-state index in [0.717, 1.165) is 12.0 Å². The third-order valence-electron chi connectivity index (χ3n) is 1.92. The van der Waals surface area contributed by atoms with E-state index in [9.17, 15) is 9.90 Å². The molecule has 0 saturated heterocycles. The van der Waals surface area contributed by atoms with Crippen molar-refractivity contribution in [2.75, 3.05) is 7.11 Å². The summed E-state index contributed by atoms with van der Waals surface area (Å²) in [6, 6.07) is 3.38. The molecule has 0 saturated carbocycles. The van der Waals surface area contributed by atoms with E-state index >= 15 is 0 Å². The SMILES string of the molecule is CCc1cc(C=O)c(O)c(OC)c1. The van der Waals surface area contributed by atoms with E-state index in [2.05, 4.69) is 0 Å². The molecule has 0 radical (unpaired) electrons. The number of aldehydes is 1. The van der Waals surface area contributed by atoms with Gasteiger partial charge in [-0.05, 0) is 24.1 Å². The van der Waals surface area contributed by atoms with Crippen molar-refractivity contribution >= 4 is 6.29 Å². The highest BCUT2D eigenvalue weighted by atomic mass is 16.5. The normalized spacial score (nSPS) is 9.69. The van der Waals surface area contributed by atoms with E-state index in [4.69, 9.17) is 4.74 Å². The number of carbonyl (C=O) groups is 1. The van der Waals surface area contributed by atoms with Crippen LogP contribution < -0.4 is 4.74 Å². The maximum atomic E-state index is 10.5. The molecule has 0 bridgehead atoms. The number of aromatic hydroxyl groups is 1. The molecule has 0 spiro atoms. The molecule has 3 nitrogen and oxygen atoms in total. The number of methoxy groups -OCH3 is 1. The molecule has 0 heterocycles. The van der Waals surface area contributed by atoms with Crippen LogP contribution in [-0.4, -0.2) is 18.5 Å². The Hall–Kier alpha value is -1.51. The summed E-state index contributed by atoms with van der Waals surface area (Å²) >= 11 is 0. The van der Waals surface area contributed by atoms with E-state index < -0.39 is 0 Å². The molecule has 0 fully saturated rings. The molecule has 1 rings (SSSR count). The Morgan fingerprint density at radius 3 is 2.69 bits per heavy atom. The lowest BCUT2D eigenvalue weighted by atomic mass is 10.1. The molecule has 0 aliphatic heterocycles. The standard InChI is InChI=1S/C10H12O3/c1-3-7-4-8(6-11)10(12)9(5-7)13-2/h4-6,12H,3H2,1-2H3. The average Bonchev–Trinajstić information content (AvgIpc) is 2.18. The van der Waals surface area contributed by atoms with Gasteiger partial charge in [-0.3, -0.25) is 4.79 Å². The van der Waals surface area contributed by atoms with Crippen LogP contribution in [0.5, 0.6) is 11.5 Å². The third kappa shape index (κ3) is 1.80. The maximum Gasteiger partial charge on any atom is 0.168 e. The first-order valence-corrected chi connectivity index (χ1v) is 4.08. The van der Waals surface area contributed by atoms with E-state index in [1.165, 1.54) is 7.11 Å². The highest BCUT2D eigenvalue weighted by molar-refractivity contribution is 5.81. The molecule has 0 amide bonds. The molecule has 1 aromatic rings. The fourth-order valence-electron chi connectivity index (χ4n) is 1.14. The summed E-state index contributed by atoms with van der Waals surface area (Å²) in [7, 11) is 1.46. The smallest absolute Gasteiger partial charge is 0.168 e. The Bertz CT molecular complexity index is 318. The monoisotopic (exact) mass is 180 g/mol. The molecule has 13 heavy (non-hydrogen) atoms. The summed E-state index contributed by atoms with van der Waals surface area (Å²) in [5.74, 6) is 0.260. The van der Waals surface area contributed by atoms with Crippen LogP contribution in [0, 0.1) is 0 Å². The number of hydrogen-bond acceptors (Lipinski definition) is 3. The minimum absolute atomic E-state index is 0.0882. The molecular weight excluding hydrogens is 168 g/mol. The molecule has 0 aliphatic rings. The van der Waals surface area contributed by atoms with Gasteiger partial charge in [0.25, 0.3) is 0 Å². The predicted octanol–water partition coefficient (Wildman–Crippen LogP) is 1.78. The zero-order valence-electron chi connectivity index (χ0n) is 7.70. The van der Waals surface area contributed by atoms with Crippen LogP contribution >= 0.6 is 0 Å². The number of phenols is 1. The zero-order valence-corrected chi connectivity index (χ0v) is 7.70. The minimum Gasteiger partial charge on any atom is -0.504 e. The van der Waals surface area contributed by atoms with E-state index in [1.54, 1.807) is 12.1 Å². The highest BCUT2D eigenvalue weighted by Gasteiger charge is 2.08. The van der Waals surface area contributed by atoms with Crippen molar-refractivity contribution in [3.63, 3.8) is 0 Å². The molecular formula is C10H12O3. The largest absolute Gasteiger partial charge is 0.504 e. The molecule has 1 aromatic carbocycles. The van der Waals surface area contributed by atoms with Gasteiger partial charge >= 0.3 is 0 Å². The Balaban J connectivity index is 3.28. The topological polar surface area (TPSA) is 46.5 Å². The molecule has 1 N–H and O–H groups in total. The van der Waals surface area contributed by atoms with Crippen molar-refractivity contribution in [3.8, 4) is 11.5 Å². The molecule has 0 unspecified atom stereocenters. The number of rotatable bonds is 3. The first-order chi connectivity index (χ1) is 6.22. The third-order valence-corrected chi connectivity index (χ3v) is 1.92. The van der Waals surface area contributed by atoms with Crippen molar-refractivity contribution < 1.29 is 14.6 Å². The second kappa shape index (κ2) is 3.94. The lowest BCUT2D eigenvalue weighted by Gasteiger charge is -2.07. The first-order valence-electron chi connectivity index (χ1n) is 4.08.